The number of nitrogens with zero attached hydrogens (tertiary/aromatic N) is 4. The molecule has 1 saturated heterocycles. The molecule has 0 aliphatic carbocycles. The molecular formula is C13H20N6O3S. The van der Waals surface area contributed by atoms with E-state index >= 15 is 0 Å². The van der Waals surface area contributed by atoms with Gasteiger partial charge >= 0.3 is 0 Å². The Labute approximate surface area is 137 Å². The number of nitrogen functional groups attached to an aromatic ring is 1. The molecule has 0 saturated carbocycles. The zero-order valence-electron chi connectivity index (χ0n) is 12.4. The van der Waals surface area contributed by atoms with E-state index in [9.17, 15) is 10.2 Å². The summed E-state index contributed by atoms with van der Waals surface area (Å²) in [6.07, 6.45) is 0.458. The Morgan fingerprint density at radius 1 is 1.26 bits per heavy atom. The highest BCUT2D eigenvalue weighted by molar-refractivity contribution is 7.99. The molecule has 2 aromatic heterocycles. The maximum atomic E-state index is 10.3. The first-order valence-electron chi connectivity index (χ1n) is 7.36. The quantitative estimate of drug-likeness (QED) is 0.492. The molecular weight excluding hydrogens is 320 g/mol. The molecule has 0 radical (unpaired) electrons. The van der Waals surface area contributed by atoms with Crippen LogP contribution >= 0.6 is 11.8 Å². The van der Waals surface area contributed by atoms with Crippen LogP contribution in [0.25, 0.3) is 11.2 Å². The van der Waals surface area contributed by atoms with Gasteiger partial charge in [-0.05, 0) is 18.7 Å². The van der Waals surface area contributed by atoms with Crippen molar-refractivity contribution in [2.75, 3.05) is 23.8 Å². The van der Waals surface area contributed by atoms with Crippen molar-refractivity contribution in [3.8, 4) is 0 Å². The molecule has 10 heteroatoms. The van der Waals surface area contributed by atoms with E-state index in [2.05, 4.69) is 15.0 Å². The topological polar surface area (TPSA) is 145 Å². The van der Waals surface area contributed by atoms with Crippen LogP contribution in [-0.4, -0.2) is 66.1 Å². The Balaban J connectivity index is 1.76. The van der Waals surface area contributed by atoms with Crippen LogP contribution in [0.5, 0.6) is 0 Å². The number of aliphatic hydroxyl groups is 2. The van der Waals surface area contributed by atoms with Crippen LogP contribution in [0, 0.1) is 0 Å². The fraction of sp³-hybridized carbons (Fsp3) is 0.615. The third kappa shape index (κ3) is 3.12. The molecule has 4 atom stereocenters. The average Bonchev–Trinajstić information content (AvgIpc) is 3.09. The summed E-state index contributed by atoms with van der Waals surface area (Å²) in [5, 5.41) is 20.5. The van der Waals surface area contributed by atoms with E-state index in [4.69, 9.17) is 16.2 Å². The van der Waals surface area contributed by atoms with Crippen molar-refractivity contribution < 1.29 is 14.9 Å². The van der Waals surface area contributed by atoms with Crippen LogP contribution in [0.3, 0.4) is 0 Å². The van der Waals surface area contributed by atoms with Crippen molar-refractivity contribution in [2.24, 2.45) is 5.73 Å². The summed E-state index contributed by atoms with van der Waals surface area (Å²) in [6.45, 7) is 0.633. The van der Waals surface area contributed by atoms with Gasteiger partial charge in [0.1, 0.15) is 24.1 Å². The van der Waals surface area contributed by atoms with E-state index in [0.29, 0.717) is 23.5 Å². The molecule has 1 aliphatic heterocycles. The molecule has 0 spiro atoms. The van der Waals surface area contributed by atoms with Crippen molar-refractivity contribution in [3.05, 3.63) is 12.7 Å². The number of ether oxygens (including phenoxy) is 1. The Kier molecular flexibility index (Phi) is 4.97. The molecule has 3 rings (SSSR count). The Morgan fingerprint density at radius 2 is 2.09 bits per heavy atom. The van der Waals surface area contributed by atoms with Crippen LogP contribution in [0.15, 0.2) is 12.7 Å². The zero-order chi connectivity index (χ0) is 16.4. The number of aliphatic hydroxyl groups excluding tert-OH is 2. The number of rotatable bonds is 6. The molecule has 0 unspecified atom stereocenters. The first-order valence-corrected chi connectivity index (χ1v) is 8.51. The molecule has 2 aromatic rings. The second-order valence-electron chi connectivity index (χ2n) is 5.35. The second kappa shape index (κ2) is 6.97. The normalized spacial score (nSPS) is 27.8. The third-order valence-corrected chi connectivity index (χ3v) is 4.91. The van der Waals surface area contributed by atoms with Crippen LogP contribution in [0.1, 0.15) is 12.6 Å². The third-order valence-electron chi connectivity index (χ3n) is 3.77. The van der Waals surface area contributed by atoms with Crippen molar-refractivity contribution >= 4 is 28.7 Å². The minimum absolute atomic E-state index is 0.260. The number of hydrogen-bond acceptors (Lipinski definition) is 9. The summed E-state index contributed by atoms with van der Waals surface area (Å²) < 4.78 is 7.40. The lowest BCUT2D eigenvalue weighted by Crippen LogP contribution is -2.32. The molecule has 6 N–H and O–H groups in total. The molecule has 0 amide bonds. The highest BCUT2D eigenvalue weighted by Gasteiger charge is 2.44. The average molecular weight is 340 g/mol. The van der Waals surface area contributed by atoms with Gasteiger partial charge in [0.15, 0.2) is 17.7 Å². The van der Waals surface area contributed by atoms with Gasteiger partial charge in [0.2, 0.25) is 0 Å². The molecule has 3 heterocycles. The van der Waals surface area contributed by atoms with Gasteiger partial charge in [0, 0.05) is 5.75 Å². The first-order chi connectivity index (χ1) is 11.1. The number of aromatic nitrogens is 4. The molecule has 1 aliphatic rings. The van der Waals surface area contributed by atoms with Crippen LogP contribution in [-0.2, 0) is 4.74 Å². The summed E-state index contributed by atoms with van der Waals surface area (Å²) in [4.78, 5) is 12.2. The second-order valence-corrected chi connectivity index (χ2v) is 6.50. The van der Waals surface area contributed by atoms with E-state index in [1.54, 1.807) is 16.3 Å². The standard InChI is InChI=1S/C13H20N6O3S/c14-2-1-3-23-4-7-9(20)10(21)13(22-7)19-6-18-8-11(15)16-5-17-12(8)19/h5-7,9-10,13,20-21H,1-4,14H2,(H2,15,16,17)/t7-,9-,10-,13-/m1/s1. The Hall–Kier alpha value is -1.46. The van der Waals surface area contributed by atoms with E-state index in [1.165, 1.54) is 12.7 Å². The molecule has 0 bridgehead atoms. The number of imidazole rings is 1. The number of thioether (sulfide) groups is 1. The smallest absolute Gasteiger partial charge is 0.167 e. The van der Waals surface area contributed by atoms with Gasteiger partial charge in [-0.25, -0.2) is 15.0 Å². The Morgan fingerprint density at radius 3 is 2.87 bits per heavy atom. The SMILES string of the molecule is NCCCSC[C@H]1O[C@@H](n2cnc3c(N)ncnc32)[C@H](O)[C@@H]1O. The number of anilines is 1. The minimum atomic E-state index is -1.07. The summed E-state index contributed by atoms with van der Waals surface area (Å²) in [7, 11) is 0. The van der Waals surface area contributed by atoms with Crippen LogP contribution in [0.4, 0.5) is 5.82 Å². The largest absolute Gasteiger partial charge is 0.387 e. The highest BCUT2D eigenvalue weighted by atomic mass is 32.2. The minimum Gasteiger partial charge on any atom is -0.387 e. The lowest BCUT2D eigenvalue weighted by atomic mass is 10.1. The van der Waals surface area contributed by atoms with E-state index in [0.717, 1.165) is 12.2 Å². The fourth-order valence-electron chi connectivity index (χ4n) is 2.54. The van der Waals surface area contributed by atoms with Gasteiger partial charge in [-0.1, -0.05) is 0 Å². The maximum Gasteiger partial charge on any atom is 0.167 e. The van der Waals surface area contributed by atoms with E-state index < -0.39 is 24.5 Å². The zero-order valence-corrected chi connectivity index (χ0v) is 13.3. The van der Waals surface area contributed by atoms with Crippen molar-refractivity contribution in [1.29, 1.82) is 0 Å². The van der Waals surface area contributed by atoms with Gasteiger partial charge in [-0.2, -0.15) is 11.8 Å². The number of hydrogen-bond donors (Lipinski definition) is 4. The monoisotopic (exact) mass is 340 g/mol. The maximum absolute atomic E-state index is 10.3. The molecule has 23 heavy (non-hydrogen) atoms. The molecule has 0 aromatic carbocycles. The lowest BCUT2D eigenvalue weighted by Gasteiger charge is -2.16. The lowest BCUT2D eigenvalue weighted by molar-refractivity contribution is -0.0289. The van der Waals surface area contributed by atoms with Gasteiger partial charge in [-0.3, -0.25) is 4.57 Å². The van der Waals surface area contributed by atoms with Gasteiger partial charge in [0.25, 0.3) is 0 Å². The predicted octanol–water partition coefficient (Wildman–Crippen LogP) is -0.890. The summed E-state index contributed by atoms with van der Waals surface area (Å²) in [5.41, 5.74) is 12.1. The predicted molar refractivity (Wildman–Crippen MR) is 86.7 cm³/mol. The molecule has 9 nitrogen and oxygen atoms in total. The first kappa shape index (κ1) is 16.4. The number of nitrogens with two attached hydrogens (primary N) is 2. The summed E-state index contributed by atoms with van der Waals surface area (Å²) >= 11 is 1.64. The van der Waals surface area contributed by atoms with Gasteiger partial charge < -0.3 is 26.4 Å². The van der Waals surface area contributed by atoms with E-state index in [1.807, 2.05) is 0 Å². The fourth-order valence-corrected chi connectivity index (χ4v) is 3.58. The number of fused-ring (bicyclic) bond motifs is 1. The summed E-state index contributed by atoms with van der Waals surface area (Å²) in [6, 6.07) is 0. The van der Waals surface area contributed by atoms with Crippen molar-refractivity contribution in [2.45, 2.75) is 31.0 Å². The van der Waals surface area contributed by atoms with E-state index in [-0.39, 0.29) is 5.82 Å². The molecule has 1 fully saturated rings. The Bertz CT molecular complexity index is 668. The van der Waals surface area contributed by atoms with Crippen molar-refractivity contribution in [1.82, 2.24) is 19.5 Å². The van der Waals surface area contributed by atoms with Gasteiger partial charge in [-0.15, -0.1) is 0 Å². The van der Waals surface area contributed by atoms with Crippen molar-refractivity contribution in [3.63, 3.8) is 0 Å². The van der Waals surface area contributed by atoms with Crippen LogP contribution < -0.4 is 11.5 Å². The molecule has 126 valence electrons. The summed E-state index contributed by atoms with van der Waals surface area (Å²) in [5.74, 6) is 1.73. The highest BCUT2D eigenvalue weighted by Crippen LogP contribution is 2.33. The van der Waals surface area contributed by atoms with Crippen LogP contribution in [0.2, 0.25) is 0 Å². The van der Waals surface area contributed by atoms with Gasteiger partial charge in [0.05, 0.1) is 12.4 Å².